The minimum absolute atomic E-state index is 0.520. The lowest BCUT2D eigenvalue weighted by Gasteiger charge is -2.21. The summed E-state index contributed by atoms with van der Waals surface area (Å²) in [5, 5.41) is 10.2. The van der Waals surface area contributed by atoms with E-state index < -0.39 is 0 Å². The lowest BCUT2D eigenvalue weighted by atomic mass is 9.88. The smallest absolute Gasteiger partial charge is 0.0723 e. The molecular formula is C14H19N3. The van der Waals surface area contributed by atoms with Gasteiger partial charge in [0.05, 0.1) is 11.9 Å². The quantitative estimate of drug-likeness (QED) is 0.826. The number of hydrogen-bond donors (Lipinski definition) is 2. The third kappa shape index (κ3) is 3.09. The molecule has 2 N–H and O–H groups in total. The van der Waals surface area contributed by atoms with Crippen LogP contribution < -0.4 is 5.32 Å². The van der Waals surface area contributed by atoms with Crippen molar-refractivity contribution in [2.24, 2.45) is 5.92 Å². The first-order valence-corrected chi connectivity index (χ1v) is 6.05. The number of anilines is 1. The number of aromatic nitrogens is 2. The third-order valence-electron chi connectivity index (χ3n) is 3.06. The number of nitrogens with one attached hydrogen (secondary N) is 2. The SMILES string of the molecule is CC(C)C(CNc1cn[nH]c1)c1ccccc1. The Labute approximate surface area is 102 Å². The van der Waals surface area contributed by atoms with Crippen molar-refractivity contribution in [3.05, 3.63) is 48.3 Å². The molecule has 3 nitrogen and oxygen atoms in total. The first kappa shape index (κ1) is 11.7. The molecule has 1 aromatic carbocycles. The highest BCUT2D eigenvalue weighted by Crippen LogP contribution is 2.24. The minimum Gasteiger partial charge on any atom is -0.382 e. The molecule has 0 amide bonds. The third-order valence-corrected chi connectivity index (χ3v) is 3.06. The molecule has 0 aliphatic carbocycles. The summed E-state index contributed by atoms with van der Waals surface area (Å²) in [6, 6.07) is 10.7. The number of hydrogen-bond acceptors (Lipinski definition) is 2. The van der Waals surface area contributed by atoms with Crippen molar-refractivity contribution in [1.82, 2.24) is 10.2 Å². The van der Waals surface area contributed by atoms with Crippen LogP contribution in [0.3, 0.4) is 0 Å². The first-order chi connectivity index (χ1) is 8.27. The van der Waals surface area contributed by atoms with E-state index in [2.05, 4.69) is 59.7 Å². The topological polar surface area (TPSA) is 40.7 Å². The van der Waals surface area contributed by atoms with Crippen LogP contribution in [0.4, 0.5) is 5.69 Å². The predicted molar refractivity (Wildman–Crippen MR) is 71.1 cm³/mol. The van der Waals surface area contributed by atoms with Crippen molar-refractivity contribution in [1.29, 1.82) is 0 Å². The summed E-state index contributed by atoms with van der Waals surface area (Å²) in [5.41, 5.74) is 2.44. The first-order valence-electron chi connectivity index (χ1n) is 6.05. The van der Waals surface area contributed by atoms with E-state index >= 15 is 0 Å². The molecule has 0 aliphatic rings. The van der Waals surface area contributed by atoms with Gasteiger partial charge in [-0.15, -0.1) is 0 Å². The average Bonchev–Trinajstić information content (AvgIpc) is 2.83. The van der Waals surface area contributed by atoms with Crippen LogP contribution in [0.25, 0.3) is 0 Å². The monoisotopic (exact) mass is 229 g/mol. The normalized spacial score (nSPS) is 12.6. The predicted octanol–water partition coefficient (Wildman–Crippen LogP) is 3.26. The molecule has 0 spiro atoms. The Morgan fingerprint density at radius 1 is 1.24 bits per heavy atom. The van der Waals surface area contributed by atoms with Crippen LogP contribution in [0.15, 0.2) is 42.7 Å². The summed E-state index contributed by atoms with van der Waals surface area (Å²) in [6.45, 7) is 5.45. The molecule has 0 bridgehead atoms. The van der Waals surface area contributed by atoms with Crippen molar-refractivity contribution in [2.45, 2.75) is 19.8 Å². The Morgan fingerprint density at radius 3 is 2.59 bits per heavy atom. The summed E-state index contributed by atoms with van der Waals surface area (Å²) in [6.07, 6.45) is 3.69. The summed E-state index contributed by atoms with van der Waals surface area (Å²) in [5.74, 6) is 1.13. The van der Waals surface area contributed by atoms with Gasteiger partial charge in [0.25, 0.3) is 0 Å². The van der Waals surface area contributed by atoms with Crippen molar-refractivity contribution in [3.63, 3.8) is 0 Å². The van der Waals surface area contributed by atoms with E-state index in [1.807, 2.05) is 12.4 Å². The van der Waals surface area contributed by atoms with E-state index in [1.165, 1.54) is 5.56 Å². The highest BCUT2D eigenvalue weighted by atomic mass is 15.1. The van der Waals surface area contributed by atoms with E-state index in [4.69, 9.17) is 0 Å². The van der Waals surface area contributed by atoms with Crippen LogP contribution in [0.1, 0.15) is 25.3 Å². The van der Waals surface area contributed by atoms with Crippen LogP contribution in [0.5, 0.6) is 0 Å². The van der Waals surface area contributed by atoms with Gasteiger partial charge in [-0.25, -0.2) is 0 Å². The van der Waals surface area contributed by atoms with Gasteiger partial charge < -0.3 is 5.32 Å². The van der Waals surface area contributed by atoms with Crippen molar-refractivity contribution in [2.75, 3.05) is 11.9 Å². The molecule has 1 unspecified atom stereocenters. The van der Waals surface area contributed by atoms with Gasteiger partial charge in [-0.05, 0) is 11.5 Å². The maximum atomic E-state index is 3.93. The Balaban J connectivity index is 2.03. The molecule has 1 heterocycles. The molecule has 0 saturated heterocycles. The van der Waals surface area contributed by atoms with E-state index in [9.17, 15) is 0 Å². The summed E-state index contributed by atoms with van der Waals surface area (Å²) < 4.78 is 0. The van der Waals surface area contributed by atoms with Gasteiger partial charge in [-0.2, -0.15) is 5.10 Å². The van der Waals surface area contributed by atoms with Crippen LogP contribution in [-0.4, -0.2) is 16.7 Å². The fourth-order valence-corrected chi connectivity index (χ4v) is 2.01. The molecule has 1 aromatic heterocycles. The van der Waals surface area contributed by atoms with Gasteiger partial charge in [0.2, 0.25) is 0 Å². The fraction of sp³-hybridized carbons (Fsp3) is 0.357. The Kier molecular flexibility index (Phi) is 3.81. The zero-order chi connectivity index (χ0) is 12.1. The fourth-order valence-electron chi connectivity index (χ4n) is 2.01. The summed E-state index contributed by atoms with van der Waals surface area (Å²) in [4.78, 5) is 0. The zero-order valence-electron chi connectivity index (χ0n) is 10.4. The van der Waals surface area contributed by atoms with Gasteiger partial charge in [-0.3, -0.25) is 5.10 Å². The molecule has 0 aliphatic heterocycles. The van der Waals surface area contributed by atoms with Crippen molar-refractivity contribution >= 4 is 5.69 Å². The van der Waals surface area contributed by atoms with Gasteiger partial charge in [0.1, 0.15) is 0 Å². The van der Waals surface area contributed by atoms with Crippen molar-refractivity contribution in [3.8, 4) is 0 Å². The van der Waals surface area contributed by atoms with Crippen LogP contribution >= 0.6 is 0 Å². The van der Waals surface area contributed by atoms with Crippen LogP contribution in [0, 0.1) is 5.92 Å². The molecule has 1 atom stereocenters. The van der Waals surface area contributed by atoms with Gasteiger partial charge in [0.15, 0.2) is 0 Å². The highest BCUT2D eigenvalue weighted by molar-refractivity contribution is 5.38. The Bertz CT molecular complexity index is 420. The van der Waals surface area contributed by atoms with Gasteiger partial charge >= 0.3 is 0 Å². The molecule has 3 heteroatoms. The molecule has 17 heavy (non-hydrogen) atoms. The van der Waals surface area contributed by atoms with Crippen LogP contribution in [0.2, 0.25) is 0 Å². The van der Waals surface area contributed by atoms with Gasteiger partial charge in [-0.1, -0.05) is 44.2 Å². The molecule has 0 radical (unpaired) electrons. The van der Waals surface area contributed by atoms with E-state index in [0.29, 0.717) is 11.8 Å². The average molecular weight is 229 g/mol. The second kappa shape index (κ2) is 5.53. The number of H-pyrrole nitrogens is 1. The molecule has 2 aromatic rings. The maximum Gasteiger partial charge on any atom is 0.0723 e. The lowest BCUT2D eigenvalue weighted by Crippen LogP contribution is -2.17. The lowest BCUT2D eigenvalue weighted by molar-refractivity contribution is 0.517. The van der Waals surface area contributed by atoms with E-state index in [1.54, 1.807) is 0 Å². The second-order valence-electron chi connectivity index (χ2n) is 4.63. The largest absolute Gasteiger partial charge is 0.382 e. The molecular weight excluding hydrogens is 210 g/mol. The number of rotatable bonds is 5. The highest BCUT2D eigenvalue weighted by Gasteiger charge is 2.15. The minimum atomic E-state index is 0.520. The number of aromatic amines is 1. The molecule has 0 fully saturated rings. The molecule has 0 saturated carbocycles. The second-order valence-corrected chi connectivity index (χ2v) is 4.63. The summed E-state index contributed by atoms with van der Waals surface area (Å²) >= 11 is 0. The standard InChI is InChI=1S/C14H19N3/c1-11(2)14(12-6-4-3-5-7-12)10-15-13-8-16-17-9-13/h3-9,11,14-15H,10H2,1-2H3,(H,16,17). The van der Waals surface area contributed by atoms with E-state index in [-0.39, 0.29) is 0 Å². The summed E-state index contributed by atoms with van der Waals surface area (Å²) in [7, 11) is 0. The zero-order valence-corrected chi connectivity index (χ0v) is 10.4. The maximum absolute atomic E-state index is 3.93. The van der Waals surface area contributed by atoms with Crippen LogP contribution in [-0.2, 0) is 0 Å². The Hall–Kier alpha value is -1.77. The van der Waals surface area contributed by atoms with Gasteiger partial charge in [0, 0.05) is 18.7 Å². The Morgan fingerprint density at radius 2 is 2.00 bits per heavy atom. The number of benzene rings is 1. The number of nitrogens with zero attached hydrogens (tertiary/aromatic N) is 1. The molecule has 2 rings (SSSR count). The van der Waals surface area contributed by atoms with E-state index in [0.717, 1.165) is 12.2 Å². The van der Waals surface area contributed by atoms with Crippen molar-refractivity contribution < 1.29 is 0 Å². The molecule has 90 valence electrons.